The first kappa shape index (κ1) is 14.7. The molecule has 1 unspecified atom stereocenters. The average Bonchev–Trinajstić information content (AvgIpc) is 2.86. The fourth-order valence-corrected chi connectivity index (χ4v) is 2.07. The number of hydrogen-bond acceptors (Lipinski definition) is 5. The van der Waals surface area contributed by atoms with E-state index in [0.29, 0.717) is 25.3 Å². The Kier molecular flexibility index (Phi) is 5.24. The van der Waals surface area contributed by atoms with Crippen molar-refractivity contribution in [1.82, 2.24) is 5.32 Å². The molecular weight excluding hydrogens is 258 g/mol. The first-order valence-electron chi connectivity index (χ1n) is 6.95. The predicted molar refractivity (Wildman–Crippen MR) is 75.0 cm³/mol. The molecule has 0 spiro atoms. The number of cyclic esters (lactones) is 1. The van der Waals surface area contributed by atoms with Crippen molar-refractivity contribution in [2.24, 2.45) is 0 Å². The molecule has 2 rings (SSSR count). The van der Waals surface area contributed by atoms with Gasteiger partial charge in [0.2, 0.25) is 0 Å². The Morgan fingerprint density at radius 3 is 2.95 bits per heavy atom. The van der Waals surface area contributed by atoms with Crippen LogP contribution < -0.4 is 14.8 Å². The van der Waals surface area contributed by atoms with E-state index in [0.717, 1.165) is 24.3 Å². The van der Waals surface area contributed by atoms with Crippen LogP contribution in [0.2, 0.25) is 0 Å². The number of methoxy groups -OCH3 is 1. The normalized spacial score (nSPS) is 17.9. The maximum atomic E-state index is 11.5. The zero-order valence-corrected chi connectivity index (χ0v) is 12.0. The van der Waals surface area contributed by atoms with Gasteiger partial charge in [-0.1, -0.05) is 6.92 Å². The summed E-state index contributed by atoms with van der Waals surface area (Å²) in [5.74, 6) is 1.20. The zero-order valence-electron chi connectivity index (χ0n) is 12.0. The molecule has 1 aliphatic heterocycles. The van der Waals surface area contributed by atoms with Crippen LogP contribution in [-0.2, 0) is 16.1 Å². The van der Waals surface area contributed by atoms with Gasteiger partial charge in [-0.2, -0.15) is 0 Å². The highest BCUT2D eigenvalue weighted by atomic mass is 16.6. The molecule has 5 heteroatoms. The van der Waals surface area contributed by atoms with Crippen LogP contribution >= 0.6 is 0 Å². The van der Waals surface area contributed by atoms with Gasteiger partial charge >= 0.3 is 5.97 Å². The predicted octanol–water partition coefficient (Wildman–Crippen LogP) is 1.89. The van der Waals surface area contributed by atoms with Gasteiger partial charge in [0.1, 0.15) is 11.5 Å². The molecule has 0 amide bonds. The van der Waals surface area contributed by atoms with Crippen LogP contribution in [0.1, 0.15) is 25.3 Å². The minimum Gasteiger partial charge on any atom is -0.497 e. The van der Waals surface area contributed by atoms with Crippen molar-refractivity contribution in [3.63, 3.8) is 0 Å². The van der Waals surface area contributed by atoms with Gasteiger partial charge in [0.25, 0.3) is 0 Å². The molecule has 1 aliphatic rings. The van der Waals surface area contributed by atoms with E-state index in [-0.39, 0.29) is 5.97 Å². The zero-order chi connectivity index (χ0) is 14.4. The van der Waals surface area contributed by atoms with Crippen molar-refractivity contribution in [2.75, 3.05) is 20.3 Å². The van der Waals surface area contributed by atoms with E-state index in [1.165, 1.54) is 0 Å². The third-order valence-electron chi connectivity index (χ3n) is 3.17. The van der Waals surface area contributed by atoms with Crippen molar-refractivity contribution in [3.05, 3.63) is 23.8 Å². The summed E-state index contributed by atoms with van der Waals surface area (Å²) in [4.78, 5) is 11.5. The largest absolute Gasteiger partial charge is 0.497 e. The van der Waals surface area contributed by atoms with E-state index in [4.69, 9.17) is 14.2 Å². The topological polar surface area (TPSA) is 56.8 Å². The van der Waals surface area contributed by atoms with Crippen molar-refractivity contribution < 1.29 is 19.0 Å². The molecule has 1 heterocycles. The standard InChI is InChI=1S/C15H21NO4/c1-3-7-16-10-11-9-12(18-2)4-5-13(11)20-14-6-8-19-15(14)17/h4-5,9,14,16H,3,6-8,10H2,1-2H3. The maximum Gasteiger partial charge on any atom is 0.347 e. The molecule has 1 aromatic rings. The first-order valence-corrected chi connectivity index (χ1v) is 6.95. The maximum absolute atomic E-state index is 11.5. The highest BCUT2D eigenvalue weighted by Gasteiger charge is 2.29. The Balaban J connectivity index is 2.10. The van der Waals surface area contributed by atoms with Crippen LogP contribution in [-0.4, -0.2) is 32.3 Å². The average molecular weight is 279 g/mol. The van der Waals surface area contributed by atoms with E-state index in [9.17, 15) is 4.79 Å². The minimum atomic E-state index is -0.492. The van der Waals surface area contributed by atoms with Gasteiger partial charge in [-0.25, -0.2) is 4.79 Å². The lowest BCUT2D eigenvalue weighted by Crippen LogP contribution is -2.23. The second kappa shape index (κ2) is 7.14. The van der Waals surface area contributed by atoms with Gasteiger partial charge in [0.15, 0.2) is 6.10 Å². The molecule has 0 saturated carbocycles. The summed E-state index contributed by atoms with van der Waals surface area (Å²) in [6, 6.07) is 5.60. The summed E-state index contributed by atoms with van der Waals surface area (Å²) in [5, 5.41) is 3.33. The van der Waals surface area contributed by atoms with Crippen LogP contribution in [0.25, 0.3) is 0 Å². The number of hydrogen-bond donors (Lipinski definition) is 1. The SMILES string of the molecule is CCCNCc1cc(OC)ccc1OC1CCOC1=O. The second-order valence-electron chi connectivity index (χ2n) is 4.71. The molecule has 0 aliphatic carbocycles. The molecule has 1 N–H and O–H groups in total. The molecule has 0 bridgehead atoms. The number of carbonyl (C=O) groups is 1. The summed E-state index contributed by atoms with van der Waals surface area (Å²) in [7, 11) is 1.63. The number of ether oxygens (including phenoxy) is 3. The number of nitrogens with one attached hydrogen (secondary N) is 1. The third-order valence-corrected chi connectivity index (χ3v) is 3.17. The Morgan fingerprint density at radius 1 is 1.45 bits per heavy atom. The lowest BCUT2D eigenvalue weighted by atomic mass is 10.1. The molecule has 1 fully saturated rings. The third kappa shape index (κ3) is 3.63. The van der Waals surface area contributed by atoms with Crippen molar-refractivity contribution in [1.29, 1.82) is 0 Å². The summed E-state index contributed by atoms with van der Waals surface area (Å²) < 4.78 is 15.9. The molecule has 0 aromatic heterocycles. The van der Waals surface area contributed by atoms with E-state index in [1.807, 2.05) is 18.2 Å². The molecule has 110 valence electrons. The van der Waals surface area contributed by atoms with E-state index in [1.54, 1.807) is 7.11 Å². The molecule has 1 atom stereocenters. The number of carbonyl (C=O) groups excluding carboxylic acids is 1. The van der Waals surface area contributed by atoms with Crippen LogP contribution in [0.15, 0.2) is 18.2 Å². The van der Waals surface area contributed by atoms with Gasteiger partial charge in [-0.3, -0.25) is 0 Å². The number of benzene rings is 1. The Hall–Kier alpha value is -1.75. The van der Waals surface area contributed by atoms with E-state index < -0.39 is 6.10 Å². The number of esters is 1. The molecule has 20 heavy (non-hydrogen) atoms. The Labute approximate surface area is 119 Å². The fourth-order valence-electron chi connectivity index (χ4n) is 2.07. The first-order chi connectivity index (χ1) is 9.74. The van der Waals surface area contributed by atoms with Gasteiger partial charge in [0.05, 0.1) is 13.7 Å². The van der Waals surface area contributed by atoms with Crippen molar-refractivity contribution in [2.45, 2.75) is 32.4 Å². The van der Waals surface area contributed by atoms with E-state index >= 15 is 0 Å². The molecule has 5 nitrogen and oxygen atoms in total. The van der Waals surface area contributed by atoms with Gasteiger partial charge in [-0.15, -0.1) is 0 Å². The van der Waals surface area contributed by atoms with Crippen molar-refractivity contribution >= 4 is 5.97 Å². The summed E-state index contributed by atoms with van der Waals surface area (Å²) in [5.41, 5.74) is 0.984. The second-order valence-corrected chi connectivity index (χ2v) is 4.71. The smallest absolute Gasteiger partial charge is 0.347 e. The summed E-state index contributed by atoms with van der Waals surface area (Å²) in [6.07, 6.45) is 1.18. The minimum absolute atomic E-state index is 0.284. The van der Waals surface area contributed by atoms with Gasteiger partial charge < -0.3 is 19.5 Å². The van der Waals surface area contributed by atoms with Gasteiger partial charge in [0, 0.05) is 18.5 Å². The highest BCUT2D eigenvalue weighted by molar-refractivity contribution is 5.76. The molecule has 0 radical (unpaired) electrons. The fraction of sp³-hybridized carbons (Fsp3) is 0.533. The molecular formula is C15H21NO4. The Morgan fingerprint density at radius 2 is 2.30 bits per heavy atom. The number of rotatable bonds is 7. The lowest BCUT2D eigenvalue weighted by molar-refractivity contribution is -0.143. The van der Waals surface area contributed by atoms with E-state index in [2.05, 4.69) is 12.2 Å². The molecule has 1 aromatic carbocycles. The monoisotopic (exact) mass is 279 g/mol. The van der Waals surface area contributed by atoms with Crippen LogP contribution in [0.4, 0.5) is 0 Å². The molecule has 1 saturated heterocycles. The quantitative estimate of drug-likeness (QED) is 0.610. The summed E-state index contributed by atoms with van der Waals surface area (Å²) >= 11 is 0. The Bertz CT molecular complexity index is 461. The lowest BCUT2D eigenvalue weighted by Gasteiger charge is -2.15. The van der Waals surface area contributed by atoms with Crippen LogP contribution in [0.3, 0.4) is 0 Å². The van der Waals surface area contributed by atoms with Crippen LogP contribution in [0, 0.1) is 0 Å². The summed E-state index contributed by atoms with van der Waals surface area (Å²) in [6.45, 7) is 4.16. The highest BCUT2D eigenvalue weighted by Crippen LogP contribution is 2.26. The van der Waals surface area contributed by atoms with Crippen LogP contribution in [0.5, 0.6) is 11.5 Å². The van der Waals surface area contributed by atoms with Crippen molar-refractivity contribution in [3.8, 4) is 11.5 Å². The van der Waals surface area contributed by atoms with Gasteiger partial charge in [-0.05, 0) is 31.2 Å².